The van der Waals surface area contributed by atoms with Gasteiger partial charge in [-0.2, -0.15) is 0 Å². The Morgan fingerprint density at radius 1 is 0.356 bits per heavy atom. The Labute approximate surface area is 364 Å². The molecule has 0 aromatic heterocycles. The number of hydrogen-bond acceptors (Lipinski definition) is 6. The Morgan fingerprint density at radius 3 is 1.08 bits per heavy atom. The fraction of sp³-hybridized carbons (Fsp3) is 0.755. The van der Waals surface area contributed by atoms with Crippen LogP contribution in [0.5, 0.6) is 0 Å². The number of carbonyl (C=O) groups is 3. The van der Waals surface area contributed by atoms with Crippen LogP contribution < -0.4 is 0 Å². The molecule has 0 saturated carbocycles. The number of rotatable bonds is 44. The molecule has 0 N–H and O–H groups in total. The van der Waals surface area contributed by atoms with Crippen LogP contribution in [0.1, 0.15) is 239 Å². The molecule has 1 atom stereocenters. The minimum absolute atomic E-state index is 0.0841. The molecule has 0 radical (unpaired) electrons. The highest BCUT2D eigenvalue weighted by molar-refractivity contribution is 5.71. The van der Waals surface area contributed by atoms with Gasteiger partial charge in [0.05, 0.1) is 0 Å². The fourth-order valence-electron chi connectivity index (χ4n) is 6.77. The monoisotopic (exact) mass is 825 g/mol. The molecular weight excluding hydrogens is 733 g/mol. The Balaban J connectivity index is 4.42. The number of carbonyl (C=O) groups excluding carboxylic acids is 3. The highest BCUT2D eigenvalue weighted by atomic mass is 16.6. The molecule has 6 heteroatoms. The highest BCUT2D eigenvalue weighted by Crippen LogP contribution is 2.14. The van der Waals surface area contributed by atoms with Crippen LogP contribution in [0.25, 0.3) is 0 Å². The molecule has 0 bridgehead atoms. The van der Waals surface area contributed by atoms with Crippen LogP contribution in [0.15, 0.2) is 60.8 Å². The van der Waals surface area contributed by atoms with Crippen LogP contribution in [0, 0.1) is 0 Å². The van der Waals surface area contributed by atoms with Crippen LogP contribution in [0.2, 0.25) is 0 Å². The average molecular weight is 825 g/mol. The van der Waals surface area contributed by atoms with Crippen molar-refractivity contribution >= 4 is 17.9 Å². The molecule has 59 heavy (non-hydrogen) atoms. The van der Waals surface area contributed by atoms with Gasteiger partial charge in [0.2, 0.25) is 0 Å². The molecule has 0 fully saturated rings. The minimum atomic E-state index is -0.785. The lowest BCUT2D eigenvalue weighted by Crippen LogP contribution is -2.30. The molecule has 0 spiro atoms. The Bertz CT molecular complexity index is 1090. The van der Waals surface area contributed by atoms with Crippen molar-refractivity contribution < 1.29 is 28.6 Å². The number of esters is 3. The molecule has 0 unspecified atom stereocenters. The molecule has 0 aliphatic heterocycles. The quantitative estimate of drug-likeness (QED) is 0.0263. The van der Waals surface area contributed by atoms with E-state index in [9.17, 15) is 14.4 Å². The van der Waals surface area contributed by atoms with Crippen molar-refractivity contribution in [1.82, 2.24) is 0 Å². The lowest BCUT2D eigenvalue weighted by molar-refractivity contribution is -0.167. The van der Waals surface area contributed by atoms with E-state index in [1.54, 1.807) is 0 Å². The lowest BCUT2D eigenvalue weighted by atomic mass is 10.0. The summed E-state index contributed by atoms with van der Waals surface area (Å²) in [6.07, 6.45) is 57.7. The standard InChI is InChI=1S/C53H92O6/c1-4-7-10-13-16-19-22-25-27-29-31-34-37-40-43-46-52(55)58-49-50(48-57-51(54)45-42-39-36-33-30-24-21-18-15-12-9-6-3)59-53(56)47-44-41-38-35-32-28-26-23-20-17-14-11-8-5-2/h7,10,14,16-17,19,23,25-27,50H,4-6,8-9,11-13,15,18,20-22,24,28-49H2,1-3H3/b10-7-,17-14-,19-16-,26-23-,27-25-/t50-/m1/s1. The molecule has 0 rings (SSSR count). The lowest BCUT2D eigenvalue weighted by Gasteiger charge is -2.18. The van der Waals surface area contributed by atoms with Gasteiger partial charge in [0.15, 0.2) is 6.10 Å². The summed E-state index contributed by atoms with van der Waals surface area (Å²) in [6, 6.07) is 0. The van der Waals surface area contributed by atoms with Crippen LogP contribution in [-0.4, -0.2) is 37.2 Å². The molecular formula is C53H92O6. The van der Waals surface area contributed by atoms with Crippen LogP contribution in [-0.2, 0) is 28.6 Å². The van der Waals surface area contributed by atoms with E-state index < -0.39 is 6.10 Å². The predicted octanol–water partition coefficient (Wildman–Crippen LogP) is 16.1. The zero-order chi connectivity index (χ0) is 43.0. The summed E-state index contributed by atoms with van der Waals surface area (Å²) in [4.78, 5) is 37.9. The van der Waals surface area contributed by atoms with Crippen LogP contribution in [0.3, 0.4) is 0 Å². The second-order valence-electron chi connectivity index (χ2n) is 16.3. The molecule has 0 heterocycles. The first kappa shape index (κ1) is 56.1. The summed E-state index contributed by atoms with van der Waals surface area (Å²) in [7, 11) is 0. The Hall–Kier alpha value is -2.89. The largest absolute Gasteiger partial charge is 0.462 e. The summed E-state index contributed by atoms with van der Waals surface area (Å²) < 4.78 is 16.7. The van der Waals surface area contributed by atoms with E-state index in [0.29, 0.717) is 19.3 Å². The molecule has 0 amide bonds. The second-order valence-corrected chi connectivity index (χ2v) is 16.3. The molecule has 0 aromatic carbocycles. The topological polar surface area (TPSA) is 78.9 Å². The van der Waals surface area contributed by atoms with Crippen molar-refractivity contribution in [2.24, 2.45) is 0 Å². The number of hydrogen-bond donors (Lipinski definition) is 0. The van der Waals surface area contributed by atoms with Gasteiger partial charge in [-0.25, -0.2) is 0 Å². The average Bonchev–Trinajstić information content (AvgIpc) is 3.23. The van der Waals surface area contributed by atoms with Gasteiger partial charge >= 0.3 is 17.9 Å². The third kappa shape index (κ3) is 46.0. The van der Waals surface area contributed by atoms with Gasteiger partial charge in [-0.3, -0.25) is 14.4 Å². The van der Waals surface area contributed by atoms with Crippen molar-refractivity contribution in [2.45, 2.75) is 245 Å². The van der Waals surface area contributed by atoms with E-state index in [-0.39, 0.29) is 31.1 Å². The van der Waals surface area contributed by atoms with Gasteiger partial charge in [0, 0.05) is 19.3 Å². The summed E-state index contributed by atoms with van der Waals surface area (Å²) in [6.45, 7) is 6.46. The van der Waals surface area contributed by atoms with Gasteiger partial charge in [-0.1, -0.05) is 204 Å². The third-order valence-corrected chi connectivity index (χ3v) is 10.5. The molecule has 0 aliphatic rings. The number of ether oxygens (including phenoxy) is 3. The first-order valence-corrected chi connectivity index (χ1v) is 24.8. The fourth-order valence-corrected chi connectivity index (χ4v) is 6.77. The first-order chi connectivity index (χ1) is 29.0. The van der Waals surface area contributed by atoms with Crippen molar-refractivity contribution in [3.63, 3.8) is 0 Å². The zero-order valence-electron chi connectivity index (χ0n) is 38.8. The molecule has 0 aliphatic carbocycles. The van der Waals surface area contributed by atoms with Gasteiger partial charge in [-0.15, -0.1) is 0 Å². The number of unbranched alkanes of at least 4 members (excludes halogenated alkanes) is 23. The smallest absolute Gasteiger partial charge is 0.306 e. The third-order valence-electron chi connectivity index (χ3n) is 10.5. The van der Waals surface area contributed by atoms with E-state index in [1.807, 2.05) is 0 Å². The maximum Gasteiger partial charge on any atom is 0.306 e. The molecule has 340 valence electrons. The van der Waals surface area contributed by atoms with Crippen LogP contribution >= 0.6 is 0 Å². The Morgan fingerprint density at radius 2 is 0.678 bits per heavy atom. The maximum atomic E-state index is 12.8. The van der Waals surface area contributed by atoms with Crippen molar-refractivity contribution in [1.29, 1.82) is 0 Å². The second kappa shape index (κ2) is 47.8. The van der Waals surface area contributed by atoms with Gasteiger partial charge in [-0.05, 0) is 77.0 Å². The SMILES string of the molecule is CC/C=C\C/C=C\C/C=C\CCCCCCCC(=O)OC[C@@H](COC(=O)CCCCCCCCCCCCCC)OC(=O)CCCCCCC/C=C\C/C=C\CCCC. The zero-order valence-corrected chi connectivity index (χ0v) is 38.8. The van der Waals surface area contributed by atoms with E-state index in [1.165, 1.54) is 77.0 Å². The van der Waals surface area contributed by atoms with Gasteiger partial charge in [0.25, 0.3) is 0 Å². The first-order valence-electron chi connectivity index (χ1n) is 24.8. The van der Waals surface area contributed by atoms with Gasteiger partial charge in [0.1, 0.15) is 13.2 Å². The summed E-state index contributed by atoms with van der Waals surface area (Å²) in [5, 5.41) is 0. The van der Waals surface area contributed by atoms with E-state index in [4.69, 9.17) is 14.2 Å². The van der Waals surface area contributed by atoms with Crippen molar-refractivity contribution in [2.75, 3.05) is 13.2 Å². The summed E-state index contributed by atoms with van der Waals surface area (Å²) in [5.74, 6) is -0.914. The Kier molecular flexibility index (Phi) is 45.4. The van der Waals surface area contributed by atoms with Crippen molar-refractivity contribution in [3.05, 3.63) is 60.8 Å². The molecule has 6 nitrogen and oxygen atoms in total. The normalized spacial score (nSPS) is 12.5. The molecule has 0 saturated heterocycles. The summed E-state index contributed by atoms with van der Waals surface area (Å²) >= 11 is 0. The van der Waals surface area contributed by atoms with Crippen LogP contribution in [0.4, 0.5) is 0 Å². The number of allylic oxidation sites excluding steroid dienone is 10. The van der Waals surface area contributed by atoms with Crippen molar-refractivity contribution in [3.8, 4) is 0 Å². The molecule has 0 aromatic rings. The maximum absolute atomic E-state index is 12.8. The summed E-state index contributed by atoms with van der Waals surface area (Å²) in [5.41, 5.74) is 0. The van der Waals surface area contributed by atoms with E-state index >= 15 is 0 Å². The minimum Gasteiger partial charge on any atom is -0.462 e. The predicted molar refractivity (Wildman–Crippen MR) is 251 cm³/mol. The van der Waals surface area contributed by atoms with Gasteiger partial charge < -0.3 is 14.2 Å². The van der Waals surface area contributed by atoms with E-state index in [2.05, 4.69) is 81.5 Å². The van der Waals surface area contributed by atoms with E-state index in [0.717, 1.165) is 122 Å². The highest BCUT2D eigenvalue weighted by Gasteiger charge is 2.19.